The van der Waals surface area contributed by atoms with Crippen LogP contribution in [0, 0.1) is 18.8 Å². The summed E-state index contributed by atoms with van der Waals surface area (Å²) in [6.45, 7) is 5.60. The monoisotopic (exact) mass is 931 g/mol. The van der Waals surface area contributed by atoms with E-state index in [1.165, 1.54) is 13.0 Å². The van der Waals surface area contributed by atoms with Gasteiger partial charge in [-0.1, -0.05) is 44.2 Å². The third kappa shape index (κ3) is 10.8. The van der Waals surface area contributed by atoms with E-state index in [0.29, 0.717) is 23.2 Å². The zero-order valence-electron chi connectivity index (χ0n) is 37.5. The number of alkyl carbamates (subject to hydrolysis) is 1. The van der Waals surface area contributed by atoms with Crippen molar-refractivity contribution >= 4 is 46.9 Å². The van der Waals surface area contributed by atoms with Crippen molar-refractivity contribution in [2.24, 2.45) is 23.3 Å². The molecule has 1 fully saturated rings. The van der Waals surface area contributed by atoms with Gasteiger partial charge in [-0.15, -0.1) is 0 Å². The van der Waals surface area contributed by atoms with Crippen molar-refractivity contribution in [2.45, 2.75) is 115 Å². The van der Waals surface area contributed by atoms with Gasteiger partial charge < -0.3 is 67.2 Å². The van der Waals surface area contributed by atoms with Crippen LogP contribution in [0.15, 0.2) is 42.5 Å². The molecule has 2 aliphatic carbocycles. The fraction of sp³-hybridized carbons (Fsp3) is 0.468. The lowest BCUT2D eigenvalue weighted by Crippen LogP contribution is -2.56. The lowest BCUT2D eigenvalue weighted by Gasteiger charge is -2.42. The van der Waals surface area contributed by atoms with Crippen LogP contribution in [0.5, 0.6) is 11.5 Å². The molecule has 1 saturated heterocycles. The molecule has 0 saturated carbocycles. The van der Waals surface area contributed by atoms with Crippen LogP contribution in [-0.4, -0.2) is 116 Å². The van der Waals surface area contributed by atoms with Crippen LogP contribution in [0.2, 0.25) is 0 Å². The molecule has 20 heteroatoms. The fourth-order valence-corrected chi connectivity index (χ4v) is 8.80. The van der Waals surface area contributed by atoms with Gasteiger partial charge in [0, 0.05) is 66.1 Å². The minimum atomic E-state index is -2.37. The summed E-state index contributed by atoms with van der Waals surface area (Å²) in [5.74, 6) is -5.60. The molecule has 0 bridgehead atoms. The Kier molecular flexibility index (Phi) is 15.5. The van der Waals surface area contributed by atoms with Gasteiger partial charge in [-0.2, -0.15) is 0 Å². The number of ketones is 4. The van der Waals surface area contributed by atoms with Gasteiger partial charge in [0.2, 0.25) is 5.91 Å². The zero-order chi connectivity index (χ0) is 49.1. The number of anilines is 1. The Balaban J connectivity index is 1.13. The van der Waals surface area contributed by atoms with E-state index >= 15 is 0 Å². The van der Waals surface area contributed by atoms with Crippen LogP contribution in [0.25, 0.3) is 0 Å². The van der Waals surface area contributed by atoms with E-state index in [1.54, 1.807) is 57.2 Å². The maximum absolute atomic E-state index is 13.9. The maximum atomic E-state index is 13.9. The SMILES string of the molecule is Cc1cccc2c1C(=O)c1c(O)c3c(c(O)c1C2=O)C[C@@](O)(C(=O)CO)C[C@@H]3O[C@H]1C[C@H](NC(=O)OCc2ccc(NC(=O)[C@H](CCCNC(N)=O)CC(=O)[C@@H](N)C(C)C)cc2)[C@H](O)[C@H](C)O1. The molecule has 6 rings (SSSR count). The largest absolute Gasteiger partial charge is 0.507 e. The number of nitrogens with one attached hydrogen (secondary N) is 3. The number of rotatable bonds is 17. The number of phenolic OH excluding ortho intramolecular Hbond substituents is 2. The molecule has 8 atom stereocenters. The number of aryl methyl sites for hydroxylation is 1. The van der Waals surface area contributed by atoms with Crippen LogP contribution in [0.4, 0.5) is 15.3 Å². The smallest absolute Gasteiger partial charge is 0.407 e. The lowest BCUT2D eigenvalue weighted by molar-refractivity contribution is -0.249. The maximum Gasteiger partial charge on any atom is 0.407 e. The summed E-state index contributed by atoms with van der Waals surface area (Å²) in [5.41, 5.74) is 8.72. The first kappa shape index (κ1) is 50.1. The number of nitrogens with two attached hydrogens (primary N) is 2. The van der Waals surface area contributed by atoms with Crippen LogP contribution < -0.4 is 27.4 Å². The van der Waals surface area contributed by atoms with Crippen molar-refractivity contribution in [2.75, 3.05) is 18.5 Å². The van der Waals surface area contributed by atoms with Gasteiger partial charge in [-0.05, 0) is 55.9 Å². The summed E-state index contributed by atoms with van der Waals surface area (Å²) < 4.78 is 17.6. The number of aliphatic hydroxyl groups is 3. The van der Waals surface area contributed by atoms with E-state index in [4.69, 9.17) is 25.7 Å². The van der Waals surface area contributed by atoms with Crippen LogP contribution in [0.1, 0.15) is 113 Å². The van der Waals surface area contributed by atoms with Crippen molar-refractivity contribution in [3.8, 4) is 11.5 Å². The second-order valence-electron chi connectivity index (χ2n) is 17.7. The summed E-state index contributed by atoms with van der Waals surface area (Å²) in [4.78, 5) is 91.0. The molecular formula is C47H57N5O15. The van der Waals surface area contributed by atoms with Crippen LogP contribution in [-0.2, 0) is 41.6 Å². The van der Waals surface area contributed by atoms with E-state index < -0.39 is 126 Å². The Morgan fingerprint density at radius 2 is 1.67 bits per heavy atom. The minimum absolute atomic E-state index is 0.00870. The van der Waals surface area contributed by atoms with Crippen molar-refractivity contribution in [3.63, 3.8) is 0 Å². The van der Waals surface area contributed by atoms with Crippen molar-refractivity contribution in [1.29, 1.82) is 0 Å². The van der Waals surface area contributed by atoms with E-state index in [0.717, 1.165) is 0 Å². The molecule has 0 spiro atoms. The summed E-state index contributed by atoms with van der Waals surface area (Å²) in [5, 5.41) is 63.7. The Labute approximate surface area is 385 Å². The molecule has 12 N–H and O–H groups in total. The first-order chi connectivity index (χ1) is 31.6. The van der Waals surface area contributed by atoms with E-state index in [1.807, 2.05) is 0 Å². The third-order valence-corrected chi connectivity index (χ3v) is 12.6. The average Bonchev–Trinajstić information content (AvgIpc) is 3.28. The van der Waals surface area contributed by atoms with E-state index in [2.05, 4.69) is 16.0 Å². The zero-order valence-corrected chi connectivity index (χ0v) is 37.5. The minimum Gasteiger partial charge on any atom is -0.507 e. The number of carbonyl (C=O) groups is 7. The molecular weight excluding hydrogens is 875 g/mol. The van der Waals surface area contributed by atoms with Gasteiger partial charge in [-0.25, -0.2) is 9.59 Å². The summed E-state index contributed by atoms with van der Waals surface area (Å²) >= 11 is 0. The predicted octanol–water partition coefficient (Wildman–Crippen LogP) is 2.21. The Bertz CT molecular complexity index is 2440. The molecule has 1 heterocycles. The Hall–Kier alpha value is -6.29. The predicted molar refractivity (Wildman–Crippen MR) is 237 cm³/mol. The highest BCUT2D eigenvalue weighted by molar-refractivity contribution is 6.31. The molecule has 1 aliphatic heterocycles. The number of urea groups is 1. The van der Waals surface area contributed by atoms with Crippen molar-refractivity contribution in [3.05, 3.63) is 87.0 Å². The van der Waals surface area contributed by atoms with Crippen molar-refractivity contribution in [1.82, 2.24) is 10.6 Å². The molecule has 0 unspecified atom stereocenters. The van der Waals surface area contributed by atoms with Gasteiger partial charge in [0.25, 0.3) is 0 Å². The molecule has 67 heavy (non-hydrogen) atoms. The summed E-state index contributed by atoms with van der Waals surface area (Å²) in [6.07, 6.45) is -6.97. The normalized spacial score (nSPS) is 23.0. The molecule has 0 aromatic heterocycles. The van der Waals surface area contributed by atoms with Crippen LogP contribution in [0.3, 0.4) is 0 Å². The number of primary amides is 1. The van der Waals surface area contributed by atoms with Crippen molar-refractivity contribution < 1.29 is 73.3 Å². The molecule has 360 valence electrons. The van der Waals surface area contributed by atoms with Gasteiger partial charge in [0.05, 0.1) is 35.4 Å². The molecule has 3 aliphatic rings. The highest BCUT2D eigenvalue weighted by Crippen LogP contribution is 2.52. The number of ether oxygens (including phenoxy) is 3. The van der Waals surface area contributed by atoms with Gasteiger partial charge >= 0.3 is 12.1 Å². The number of aliphatic hydroxyl groups excluding tert-OH is 2. The summed E-state index contributed by atoms with van der Waals surface area (Å²) in [7, 11) is 0. The molecule has 0 radical (unpaired) electrons. The Morgan fingerprint density at radius 1 is 0.985 bits per heavy atom. The van der Waals surface area contributed by atoms with E-state index in [9.17, 15) is 59.1 Å². The third-order valence-electron chi connectivity index (χ3n) is 12.6. The Morgan fingerprint density at radius 3 is 2.33 bits per heavy atom. The first-order valence-corrected chi connectivity index (χ1v) is 21.9. The molecule has 4 amide bonds. The molecule has 20 nitrogen and oxygen atoms in total. The number of hydrogen-bond donors (Lipinski definition) is 10. The lowest BCUT2D eigenvalue weighted by atomic mass is 9.71. The number of fused-ring (bicyclic) bond motifs is 3. The standard InChI is InChI=1S/C47H57N5O15/c1-21(2)38(48)30(54)15-25(8-6-14-50-45(49)62)44(61)51-26-12-10-24(11-13-26)20-65-46(63)52-29-16-33(66-23(4)39(29)56)67-31-18-47(64,32(55)19-53)17-28-35(31)43(60)37-36(41(28)58)40(57)27-9-5-7-22(3)34(27)42(37)59/h5,7,9-13,21,23,25,29,31,33,38-39,53,56,58,60,64H,6,8,14-20,48H2,1-4H3,(H,51,61)(H,52,63)(H3,49,50,62)/t23-,25+,29-,31-,33-,38-,39+,47-/m0/s1. The number of Topliss-reactive ketones (excluding diaryl/α,β-unsaturated/α-hetero) is 2. The quantitative estimate of drug-likeness (QED) is 0.0536. The highest BCUT2D eigenvalue weighted by Gasteiger charge is 2.50. The topological polar surface area (TPSA) is 336 Å². The number of amides is 4. The fourth-order valence-electron chi connectivity index (χ4n) is 8.80. The number of phenols is 2. The second-order valence-corrected chi connectivity index (χ2v) is 17.7. The van der Waals surface area contributed by atoms with E-state index in [-0.39, 0.29) is 66.4 Å². The summed E-state index contributed by atoms with van der Waals surface area (Å²) in [6, 6.07) is 8.41. The number of aromatic hydroxyl groups is 2. The number of benzene rings is 3. The first-order valence-electron chi connectivity index (χ1n) is 21.9. The number of hydrogen-bond acceptors (Lipinski definition) is 16. The molecule has 3 aromatic carbocycles. The van der Waals surface area contributed by atoms with Gasteiger partial charge in [0.1, 0.15) is 36.4 Å². The number of carbonyl (C=O) groups excluding carboxylic acids is 7. The average molecular weight is 932 g/mol. The van der Waals surface area contributed by atoms with Gasteiger partial charge in [0.15, 0.2) is 29.4 Å². The second kappa shape index (κ2) is 20.7. The highest BCUT2D eigenvalue weighted by atomic mass is 16.7. The molecule has 3 aromatic rings. The van der Waals surface area contributed by atoms with Gasteiger partial charge in [-0.3, -0.25) is 24.0 Å². The van der Waals surface area contributed by atoms with Crippen LogP contribution >= 0.6 is 0 Å².